The number of hydrogen-bond acceptors (Lipinski definition) is 4. The molecule has 2 aromatic heterocycles. The zero-order valence-electron chi connectivity index (χ0n) is 8.44. The summed E-state index contributed by atoms with van der Waals surface area (Å²) < 4.78 is 39.2. The normalized spacial score (nSPS) is 11.5. The van der Waals surface area contributed by atoms with Crippen molar-refractivity contribution >= 4 is 5.82 Å². The van der Waals surface area contributed by atoms with E-state index in [0.29, 0.717) is 0 Å². The highest BCUT2D eigenvalue weighted by Crippen LogP contribution is 2.31. The maximum Gasteiger partial charge on any atom is 0.416 e. The molecule has 0 aromatic carbocycles. The van der Waals surface area contributed by atoms with Crippen LogP contribution < -0.4 is 11.3 Å². The van der Waals surface area contributed by atoms with Crippen LogP contribution in [0.3, 0.4) is 0 Å². The fraction of sp³-hybridized carbons (Fsp3) is 0.111. The summed E-state index contributed by atoms with van der Waals surface area (Å²) in [6.45, 7) is 0. The number of nitrogens with one attached hydrogen (secondary N) is 1. The van der Waals surface area contributed by atoms with Crippen molar-refractivity contribution in [2.75, 3.05) is 5.43 Å². The highest BCUT2D eigenvalue weighted by atomic mass is 19.4. The largest absolute Gasteiger partial charge is 0.416 e. The average molecular weight is 243 g/mol. The molecule has 0 radical (unpaired) electrons. The number of nitrogen functional groups attached to an aromatic ring is 1. The number of rotatable bonds is 2. The Balaban J connectivity index is 2.54. The Hall–Kier alpha value is -2.09. The van der Waals surface area contributed by atoms with E-state index in [9.17, 15) is 13.2 Å². The number of alkyl halides is 3. The van der Waals surface area contributed by atoms with Gasteiger partial charge in [-0.05, 0) is 12.1 Å². The fourth-order valence-corrected chi connectivity index (χ4v) is 1.28. The van der Waals surface area contributed by atoms with Crippen LogP contribution in [-0.2, 0) is 6.18 Å². The van der Waals surface area contributed by atoms with Crippen molar-refractivity contribution in [2.24, 2.45) is 5.84 Å². The number of hydrogen-bond donors (Lipinski definition) is 2. The minimum absolute atomic E-state index is 0.0662. The Morgan fingerprint density at radius 3 is 2.59 bits per heavy atom. The summed E-state index contributed by atoms with van der Waals surface area (Å²) in [4.78, 5) is 7.63. The third-order valence-electron chi connectivity index (χ3n) is 2.06. The molecule has 0 aliphatic rings. The lowest BCUT2D eigenvalue weighted by Crippen LogP contribution is -2.13. The van der Waals surface area contributed by atoms with E-state index in [1.165, 1.54) is 23.3 Å². The third kappa shape index (κ3) is 2.36. The molecule has 0 saturated heterocycles. The number of pyridine rings is 1. The Morgan fingerprint density at radius 1 is 1.29 bits per heavy atom. The molecule has 17 heavy (non-hydrogen) atoms. The number of imidazole rings is 1. The molecule has 2 aromatic rings. The van der Waals surface area contributed by atoms with Gasteiger partial charge in [0.1, 0.15) is 18.0 Å². The van der Waals surface area contributed by atoms with Crippen LogP contribution >= 0.6 is 0 Å². The molecule has 2 rings (SSSR count). The zero-order valence-corrected chi connectivity index (χ0v) is 8.44. The van der Waals surface area contributed by atoms with E-state index in [0.717, 1.165) is 12.1 Å². The van der Waals surface area contributed by atoms with Crippen LogP contribution in [0.5, 0.6) is 0 Å². The summed E-state index contributed by atoms with van der Waals surface area (Å²) in [6, 6.07) is 1.75. The van der Waals surface area contributed by atoms with Gasteiger partial charge in [-0.3, -0.25) is 4.57 Å². The van der Waals surface area contributed by atoms with E-state index in [4.69, 9.17) is 5.84 Å². The van der Waals surface area contributed by atoms with Crippen LogP contribution in [0.15, 0.2) is 30.9 Å². The lowest BCUT2D eigenvalue weighted by atomic mass is 10.2. The molecule has 0 bridgehead atoms. The Morgan fingerprint density at radius 2 is 2.06 bits per heavy atom. The van der Waals surface area contributed by atoms with Crippen molar-refractivity contribution in [2.45, 2.75) is 6.18 Å². The van der Waals surface area contributed by atoms with Crippen LogP contribution in [0.1, 0.15) is 5.56 Å². The van der Waals surface area contributed by atoms with E-state index in [1.54, 1.807) is 0 Å². The standard InChI is InChI=1S/C9H8F3N5/c10-9(11,12)6-3-7(16-13)15-8(4-6)17-2-1-14-5-17/h1-5H,13H2,(H,15,16). The van der Waals surface area contributed by atoms with Crippen molar-refractivity contribution in [1.29, 1.82) is 0 Å². The first kappa shape index (κ1) is 11.4. The van der Waals surface area contributed by atoms with Crippen LogP contribution in [0.4, 0.5) is 19.0 Å². The number of hydrazine groups is 1. The molecule has 0 saturated carbocycles. The highest BCUT2D eigenvalue weighted by molar-refractivity contribution is 5.44. The van der Waals surface area contributed by atoms with Gasteiger partial charge >= 0.3 is 6.18 Å². The predicted molar refractivity (Wildman–Crippen MR) is 54.2 cm³/mol. The molecule has 0 atom stereocenters. The minimum Gasteiger partial charge on any atom is -0.308 e. The Bertz CT molecular complexity index is 506. The Labute approximate surface area is 94.1 Å². The number of halogens is 3. The quantitative estimate of drug-likeness (QED) is 0.620. The summed E-state index contributed by atoms with van der Waals surface area (Å²) in [7, 11) is 0. The van der Waals surface area contributed by atoms with Gasteiger partial charge in [0.2, 0.25) is 0 Å². The van der Waals surface area contributed by atoms with E-state index in [1.807, 2.05) is 0 Å². The van der Waals surface area contributed by atoms with Crippen LogP contribution in [0.2, 0.25) is 0 Å². The van der Waals surface area contributed by atoms with Gasteiger partial charge in [0, 0.05) is 12.4 Å². The minimum atomic E-state index is -4.45. The van der Waals surface area contributed by atoms with Crippen molar-refractivity contribution in [3.8, 4) is 5.82 Å². The molecular formula is C9H8F3N5. The third-order valence-corrected chi connectivity index (χ3v) is 2.06. The highest BCUT2D eigenvalue weighted by Gasteiger charge is 2.31. The van der Waals surface area contributed by atoms with Gasteiger partial charge in [0.25, 0.3) is 0 Å². The van der Waals surface area contributed by atoms with Crippen LogP contribution in [0, 0.1) is 0 Å². The molecule has 0 unspecified atom stereocenters. The van der Waals surface area contributed by atoms with Crippen LogP contribution in [-0.4, -0.2) is 14.5 Å². The van der Waals surface area contributed by atoms with Gasteiger partial charge in [0.15, 0.2) is 0 Å². The maximum absolute atomic E-state index is 12.6. The lowest BCUT2D eigenvalue weighted by molar-refractivity contribution is -0.137. The van der Waals surface area contributed by atoms with E-state index < -0.39 is 11.7 Å². The second-order valence-electron chi connectivity index (χ2n) is 3.21. The summed E-state index contributed by atoms with van der Waals surface area (Å²) in [5, 5.41) is 0. The van der Waals surface area contributed by atoms with Crippen molar-refractivity contribution < 1.29 is 13.2 Å². The first-order valence-corrected chi connectivity index (χ1v) is 4.55. The van der Waals surface area contributed by atoms with E-state index >= 15 is 0 Å². The molecule has 2 heterocycles. The first-order chi connectivity index (χ1) is 8.00. The van der Waals surface area contributed by atoms with Crippen LogP contribution in [0.25, 0.3) is 5.82 Å². The molecule has 8 heteroatoms. The fourth-order valence-electron chi connectivity index (χ4n) is 1.28. The first-order valence-electron chi connectivity index (χ1n) is 4.55. The van der Waals surface area contributed by atoms with Gasteiger partial charge in [-0.1, -0.05) is 0 Å². The van der Waals surface area contributed by atoms with Gasteiger partial charge in [-0.15, -0.1) is 0 Å². The summed E-state index contributed by atoms with van der Waals surface area (Å²) in [6.07, 6.45) is -0.174. The molecule has 0 fully saturated rings. The van der Waals surface area contributed by atoms with Gasteiger partial charge in [-0.25, -0.2) is 15.8 Å². The predicted octanol–water partition coefficient (Wildman–Crippen LogP) is 1.57. The smallest absolute Gasteiger partial charge is 0.308 e. The molecule has 0 spiro atoms. The molecule has 0 amide bonds. The zero-order chi connectivity index (χ0) is 12.5. The monoisotopic (exact) mass is 243 g/mol. The molecule has 5 nitrogen and oxygen atoms in total. The molecular weight excluding hydrogens is 235 g/mol. The number of nitrogens with two attached hydrogens (primary N) is 1. The second-order valence-corrected chi connectivity index (χ2v) is 3.21. The summed E-state index contributed by atoms with van der Waals surface area (Å²) in [5.74, 6) is 5.10. The number of anilines is 1. The SMILES string of the molecule is NNc1cc(C(F)(F)F)cc(-n2ccnc2)n1. The molecule has 0 aliphatic heterocycles. The van der Waals surface area contributed by atoms with Crippen molar-refractivity contribution in [3.63, 3.8) is 0 Å². The average Bonchev–Trinajstić information content (AvgIpc) is 2.80. The number of aromatic nitrogens is 3. The summed E-state index contributed by atoms with van der Waals surface area (Å²) >= 11 is 0. The second kappa shape index (κ2) is 4.06. The number of nitrogens with zero attached hydrogens (tertiary/aromatic N) is 3. The molecule has 3 N–H and O–H groups in total. The van der Waals surface area contributed by atoms with E-state index in [-0.39, 0.29) is 11.6 Å². The Kier molecular flexibility index (Phi) is 2.72. The van der Waals surface area contributed by atoms with Gasteiger partial charge in [0.05, 0.1) is 5.56 Å². The summed E-state index contributed by atoms with van der Waals surface area (Å²) in [5.41, 5.74) is 1.27. The topological polar surface area (TPSA) is 68.8 Å². The maximum atomic E-state index is 12.6. The molecule has 0 aliphatic carbocycles. The van der Waals surface area contributed by atoms with E-state index in [2.05, 4.69) is 15.4 Å². The lowest BCUT2D eigenvalue weighted by Gasteiger charge is -2.11. The van der Waals surface area contributed by atoms with Crippen molar-refractivity contribution in [1.82, 2.24) is 14.5 Å². The van der Waals surface area contributed by atoms with Crippen molar-refractivity contribution in [3.05, 3.63) is 36.4 Å². The molecule has 90 valence electrons. The van der Waals surface area contributed by atoms with Gasteiger partial charge < -0.3 is 5.43 Å². The van der Waals surface area contributed by atoms with Gasteiger partial charge in [-0.2, -0.15) is 13.2 Å².